The molecule has 1 unspecified atom stereocenters. The second kappa shape index (κ2) is 7.16. The molecule has 0 radical (unpaired) electrons. The number of carboxylic acids is 2. The molecule has 0 aliphatic carbocycles. The molecule has 2 rings (SSSR count). The van der Waals surface area contributed by atoms with Gasteiger partial charge in [-0.25, -0.2) is 0 Å². The Morgan fingerprint density at radius 1 is 0.913 bits per heavy atom. The van der Waals surface area contributed by atoms with E-state index >= 15 is 0 Å². The molecule has 0 aliphatic heterocycles. The first-order chi connectivity index (χ1) is 11.0. The van der Waals surface area contributed by atoms with E-state index in [4.69, 9.17) is 5.11 Å². The van der Waals surface area contributed by atoms with Gasteiger partial charge in [0.2, 0.25) is 0 Å². The molecule has 2 aromatic rings. The molecule has 5 nitrogen and oxygen atoms in total. The van der Waals surface area contributed by atoms with Gasteiger partial charge in [0.25, 0.3) is 0 Å². The summed E-state index contributed by atoms with van der Waals surface area (Å²) in [5.41, 5.74) is 0.994. The summed E-state index contributed by atoms with van der Waals surface area (Å²) < 4.78 is 12.2. The van der Waals surface area contributed by atoms with Gasteiger partial charge < -0.3 is 10.2 Å². The minimum absolute atomic E-state index is 0.470. The van der Waals surface area contributed by atoms with Gasteiger partial charge >= 0.3 is 11.9 Å². The Labute approximate surface area is 134 Å². The smallest absolute Gasteiger partial charge is 0.309 e. The highest BCUT2D eigenvalue weighted by Crippen LogP contribution is 2.49. The van der Waals surface area contributed by atoms with Crippen LogP contribution in [0.25, 0.3) is 0 Å². The molecule has 2 N–H and O–H groups in total. The van der Waals surface area contributed by atoms with Crippen LogP contribution in [0.5, 0.6) is 0 Å². The van der Waals surface area contributed by atoms with Crippen molar-refractivity contribution in [1.82, 2.24) is 0 Å². The summed E-state index contributed by atoms with van der Waals surface area (Å²) in [5, 5.41) is 17.3. The minimum atomic E-state index is -1.47. The maximum atomic E-state index is 12.2. The number of hydrogen-bond acceptors (Lipinski definition) is 3. The van der Waals surface area contributed by atoms with Crippen LogP contribution in [0.4, 0.5) is 0 Å². The Hall–Kier alpha value is -2.52. The maximum absolute atomic E-state index is 12.2. The van der Waals surface area contributed by atoms with E-state index in [-0.39, 0.29) is 0 Å². The Bertz CT molecular complexity index is 660. The van der Waals surface area contributed by atoms with Gasteiger partial charge in [0.05, 0.1) is 12.3 Å². The van der Waals surface area contributed by atoms with Gasteiger partial charge in [0.15, 0.2) is 8.46 Å². The number of carbonyl (C=O) groups is 2. The summed E-state index contributed by atoms with van der Waals surface area (Å²) in [6.07, 6.45) is -0.631. The summed E-state index contributed by atoms with van der Waals surface area (Å²) in [6.45, 7) is 0. The van der Waals surface area contributed by atoms with Gasteiger partial charge in [-0.05, 0) is 11.1 Å². The third-order valence-corrected chi connectivity index (χ3v) is 4.87. The highest BCUT2D eigenvalue weighted by molar-refractivity contribution is 7.26. The summed E-state index contributed by atoms with van der Waals surface area (Å²) in [4.78, 5) is 23.0. The first-order valence-corrected chi connectivity index (χ1v) is 7.73. The normalized spacial score (nSPS) is 12.7. The lowest BCUT2D eigenvalue weighted by Gasteiger charge is -2.33. The molecule has 0 fully saturated rings. The van der Waals surface area contributed by atoms with E-state index in [2.05, 4.69) is 0 Å². The number of hydrogen-bond donors (Lipinski definition) is 2. The van der Waals surface area contributed by atoms with Gasteiger partial charge in [-0.3, -0.25) is 14.2 Å². The fourth-order valence-corrected chi connectivity index (χ4v) is 3.55. The molecule has 0 aromatic heterocycles. The van der Waals surface area contributed by atoms with Crippen LogP contribution in [0.3, 0.4) is 0 Å². The maximum Gasteiger partial charge on any atom is 0.309 e. The van der Waals surface area contributed by atoms with Gasteiger partial charge in [-0.2, -0.15) is 0 Å². The van der Waals surface area contributed by atoms with E-state index in [9.17, 15) is 19.3 Å². The standard InChI is InChI=1S/C17H15O5P/c18-15(19)11-14(16(20)21)17(23-22,12-7-3-1-4-8-12)13-9-5-2-6-10-13/h1-10,14H,11H2,(H,18,19)(H,20,21). The largest absolute Gasteiger partial charge is 0.481 e. The molecule has 0 saturated carbocycles. The zero-order valence-corrected chi connectivity index (χ0v) is 13.0. The monoisotopic (exact) mass is 330 g/mol. The molecule has 0 spiro atoms. The number of rotatable bonds is 7. The van der Waals surface area contributed by atoms with Gasteiger partial charge in [0.1, 0.15) is 5.16 Å². The van der Waals surface area contributed by atoms with E-state index in [0.717, 1.165) is 0 Å². The van der Waals surface area contributed by atoms with Gasteiger partial charge in [-0.15, -0.1) is 0 Å². The second-order valence-corrected chi connectivity index (χ2v) is 5.97. The molecule has 0 bridgehead atoms. The van der Waals surface area contributed by atoms with Crippen LogP contribution in [0, 0.1) is 5.92 Å². The molecular weight excluding hydrogens is 315 g/mol. The van der Waals surface area contributed by atoms with Crippen molar-refractivity contribution in [3.63, 3.8) is 0 Å². The Balaban J connectivity index is 2.74. The molecule has 0 heterocycles. The molecule has 118 valence electrons. The lowest BCUT2D eigenvalue weighted by atomic mass is 9.78. The van der Waals surface area contributed by atoms with Crippen LogP contribution in [-0.2, 0) is 19.3 Å². The van der Waals surface area contributed by atoms with Crippen molar-refractivity contribution in [3.8, 4) is 0 Å². The predicted molar refractivity (Wildman–Crippen MR) is 84.6 cm³/mol. The Morgan fingerprint density at radius 2 is 1.35 bits per heavy atom. The van der Waals surface area contributed by atoms with Crippen molar-refractivity contribution in [2.75, 3.05) is 0 Å². The zero-order valence-electron chi connectivity index (χ0n) is 12.1. The molecular formula is C17H15O5P. The molecule has 1 atom stereocenters. The average molecular weight is 330 g/mol. The topological polar surface area (TPSA) is 91.7 Å². The van der Waals surface area contributed by atoms with Crippen LogP contribution in [0.1, 0.15) is 17.5 Å². The van der Waals surface area contributed by atoms with E-state index in [1.54, 1.807) is 60.7 Å². The zero-order chi connectivity index (χ0) is 16.9. The molecule has 0 saturated heterocycles. The lowest BCUT2D eigenvalue weighted by Crippen LogP contribution is -2.38. The van der Waals surface area contributed by atoms with Crippen LogP contribution >= 0.6 is 8.46 Å². The molecule has 6 heteroatoms. The van der Waals surface area contributed by atoms with Crippen LogP contribution < -0.4 is 0 Å². The van der Waals surface area contributed by atoms with Crippen molar-refractivity contribution in [2.24, 2.45) is 5.92 Å². The quantitative estimate of drug-likeness (QED) is 0.759. The van der Waals surface area contributed by atoms with Crippen LogP contribution in [0.2, 0.25) is 0 Å². The predicted octanol–water partition coefficient (Wildman–Crippen LogP) is 3.40. The molecule has 0 aliphatic rings. The van der Waals surface area contributed by atoms with Crippen molar-refractivity contribution in [1.29, 1.82) is 0 Å². The average Bonchev–Trinajstić information content (AvgIpc) is 2.56. The minimum Gasteiger partial charge on any atom is -0.481 e. The number of aliphatic carboxylic acids is 2. The molecule has 0 amide bonds. The fraction of sp³-hybridized carbons (Fsp3) is 0.176. The second-order valence-electron chi connectivity index (χ2n) is 5.08. The fourth-order valence-electron chi connectivity index (χ4n) is 2.71. The van der Waals surface area contributed by atoms with E-state index in [1.165, 1.54) is 0 Å². The van der Waals surface area contributed by atoms with Crippen molar-refractivity contribution in [3.05, 3.63) is 71.8 Å². The SMILES string of the molecule is O=PC(c1ccccc1)(c1ccccc1)C(CC(=O)O)C(=O)O. The van der Waals surface area contributed by atoms with Gasteiger partial charge in [0, 0.05) is 0 Å². The third-order valence-electron chi connectivity index (χ3n) is 3.75. The lowest BCUT2D eigenvalue weighted by molar-refractivity contribution is -0.149. The van der Waals surface area contributed by atoms with E-state index in [0.29, 0.717) is 11.1 Å². The highest BCUT2D eigenvalue weighted by Gasteiger charge is 2.48. The van der Waals surface area contributed by atoms with Crippen LogP contribution in [0.15, 0.2) is 60.7 Å². The first kappa shape index (κ1) is 16.8. The van der Waals surface area contributed by atoms with E-state index < -0.39 is 37.9 Å². The number of carboxylic acid groups (broad SMARTS) is 2. The number of benzene rings is 2. The van der Waals surface area contributed by atoms with Crippen molar-refractivity contribution < 1.29 is 24.4 Å². The summed E-state index contributed by atoms with van der Waals surface area (Å²) in [7, 11) is -0.470. The van der Waals surface area contributed by atoms with Crippen molar-refractivity contribution >= 4 is 20.4 Å². The summed E-state index contributed by atoms with van der Waals surface area (Å²) >= 11 is 0. The Morgan fingerprint density at radius 3 is 1.65 bits per heavy atom. The van der Waals surface area contributed by atoms with Gasteiger partial charge in [-0.1, -0.05) is 60.7 Å². The van der Waals surface area contributed by atoms with Crippen LogP contribution in [-0.4, -0.2) is 22.2 Å². The van der Waals surface area contributed by atoms with Crippen molar-refractivity contribution in [2.45, 2.75) is 11.6 Å². The first-order valence-electron chi connectivity index (χ1n) is 6.92. The summed E-state index contributed by atoms with van der Waals surface area (Å²) in [6, 6.07) is 17.0. The molecule has 2 aromatic carbocycles. The Kier molecular flexibility index (Phi) is 5.24. The summed E-state index contributed by atoms with van der Waals surface area (Å²) in [5.74, 6) is -3.93. The van der Waals surface area contributed by atoms with E-state index in [1.807, 2.05) is 0 Å². The molecule has 23 heavy (non-hydrogen) atoms. The third kappa shape index (κ3) is 3.30. The highest BCUT2D eigenvalue weighted by atomic mass is 31.1.